The molecule has 178 valence electrons. The zero-order valence-electron chi connectivity index (χ0n) is 19.4. The Morgan fingerprint density at radius 1 is 1.23 bits per heavy atom. The summed E-state index contributed by atoms with van der Waals surface area (Å²) in [6.45, 7) is 5.37. The van der Waals surface area contributed by atoms with Crippen molar-refractivity contribution in [3.8, 4) is 17.3 Å². The van der Waals surface area contributed by atoms with E-state index >= 15 is 0 Å². The summed E-state index contributed by atoms with van der Waals surface area (Å²) in [5, 5.41) is 14.5. The Hall–Kier alpha value is -4.10. The molecule has 0 bridgehead atoms. The van der Waals surface area contributed by atoms with Crippen LogP contribution in [-0.4, -0.2) is 73.2 Å². The predicted molar refractivity (Wildman–Crippen MR) is 128 cm³/mol. The number of aromatic nitrogens is 5. The van der Waals surface area contributed by atoms with Crippen molar-refractivity contribution in [1.29, 1.82) is 5.26 Å². The lowest BCUT2D eigenvalue weighted by molar-refractivity contribution is 0.0611. The van der Waals surface area contributed by atoms with Crippen LogP contribution >= 0.6 is 0 Å². The number of halogens is 1. The number of piperazine rings is 1. The first-order chi connectivity index (χ1) is 17.1. The first-order valence-corrected chi connectivity index (χ1v) is 11.6. The summed E-state index contributed by atoms with van der Waals surface area (Å²) in [4.78, 5) is 28.6. The average Bonchev–Trinajstić information content (AvgIpc) is 3.57. The highest BCUT2D eigenvalue weighted by Crippen LogP contribution is 2.26. The van der Waals surface area contributed by atoms with E-state index in [0.29, 0.717) is 26.2 Å². The molecule has 1 atom stereocenters. The third kappa shape index (κ3) is 4.50. The number of nitrogens with zero attached hydrogens (tertiary/aromatic N) is 7. The molecule has 0 radical (unpaired) electrons. The minimum absolute atomic E-state index is 0.00852. The fraction of sp³-hybridized carbons (Fsp3) is 0.320. The van der Waals surface area contributed by atoms with Crippen molar-refractivity contribution in [3.63, 3.8) is 0 Å². The number of amides is 1. The second kappa shape index (κ2) is 9.64. The van der Waals surface area contributed by atoms with E-state index in [1.807, 2.05) is 35.4 Å². The van der Waals surface area contributed by atoms with Gasteiger partial charge in [-0.3, -0.25) is 14.4 Å². The molecule has 4 heterocycles. The highest BCUT2D eigenvalue weighted by Gasteiger charge is 2.26. The molecule has 1 fully saturated rings. The first-order valence-electron chi connectivity index (χ1n) is 11.6. The zero-order chi connectivity index (χ0) is 24.4. The standard InChI is InChI=1S/C25H25FN8O/c1-2-19(34-14-18(13-31-34)23-21-5-6-28-24(21)30-16-29-23)15-32-7-9-33(10-8-32)25(35)20-4-3-17(12-27)11-22(20)26/h3-6,11,13-14,16,19H,2,7-10,15H2,1H3,(H,28,29,30). The van der Waals surface area contributed by atoms with E-state index in [1.54, 1.807) is 11.2 Å². The topological polar surface area (TPSA) is 107 Å². The van der Waals surface area contributed by atoms with Gasteiger partial charge in [0.2, 0.25) is 0 Å². The molecule has 1 N–H and O–H groups in total. The molecule has 0 saturated carbocycles. The Kier molecular flexibility index (Phi) is 6.25. The quantitative estimate of drug-likeness (QED) is 0.462. The number of carbonyl (C=O) groups is 1. The van der Waals surface area contributed by atoms with Crippen LogP contribution in [0.4, 0.5) is 4.39 Å². The van der Waals surface area contributed by atoms with E-state index in [2.05, 4.69) is 31.9 Å². The number of rotatable bonds is 6. The van der Waals surface area contributed by atoms with Gasteiger partial charge in [0, 0.05) is 56.1 Å². The molecule has 3 aromatic heterocycles. The van der Waals surface area contributed by atoms with Crippen molar-refractivity contribution in [2.24, 2.45) is 0 Å². The van der Waals surface area contributed by atoms with Crippen molar-refractivity contribution >= 4 is 16.9 Å². The van der Waals surface area contributed by atoms with E-state index < -0.39 is 5.82 Å². The Bertz CT molecular complexity index is 1400. The van der Waals surface area contributed by atoms with Gasteiger partial charge in [-0.25, -0.2) is 14.4 Å². The van der Waals surface area contributed by atoms with Crippen LogP contribution in [-0.2, 0) is 0 Å². The van der Waals surface area contributed by atoms with Gasteiger partial charge in [-0.15, -0.1) is 0 Å². The number of fused-ring (bicyclic) bond motifs is 1. The van der Waals surface area contributed by atoms with Crippen molar-refractivity contribution in [3.05, 3.63) is 66.1 Å². The Balaban J connectivity index is 1.22. The number of aromatic amines is 1. The number of carbonyl (C=O) groups excluding carboxylic acids is 1. The smallest absolute Gasteiger partial charge is 0.256 e. The van der Waals surface area contributed by atoms with Crippen LogP contribution in [0.15, 0.2) is 49.2 Å². The molecular weight excluding hydrogens is 447 g/mol. The number of benzene rings is 1. The van der Waals surface area contributed by atoms with Crippen LogP contribution in [0.2, 0.25) is 0 Å². The van der Waals surface area contributed by atoms with Gasteiger partial charge in [-0.1, -0.05) is 6.92 Å². The summed E-state index contributed by atoms with van der Waals surface area (Å²) < 4.78 is 16.3. The normalized spacial score (nSPS) is 15.3. The molecule has 1 aliphatic rings. The van der Waals surface area contributed by atoms with E-state index in [4.69, 9.17) is 5.26 Å². The molecule has 0 spiro atoms. The minimum Gasteiger partial charge on any atom is -0.346 e. The van der Waals surface area contributed by atoms with E-state index in [9.17, 15) is 9.18 Å². The first kappa shape index (κ1) is 22.7. The molecule has 1 aliphatic heterocycles. The van der Waals surface area contributed by atoms with Gasteiger partial charge >= 0.3 is 0 Å². The molecule has 0 aliphatic carbocycles. The fourth-order valence-corrected chi connectivity index (χ4v) is 4.52. The van der Waals surface area contributed by atoms with Crippen molar-refractivity contribution in [2.45, 2.75) is 19.4 Å². The molecule has 4 aromatic rings. The molecular formula is C25H25FN8O. The lowest BCUT2D eigenvalue weighted by atomic mass is 10.1. The van der Waals surface area contributed by atoms with Crippen LogP contribution in [0.25, 0.3) is 22.3 Å². The largest absolute Gasteiger partial charge is 0.346 e. The number of nitriles is 1. The minimum atomic E-state index is -0.655. The Morgan fingerprint density at radius 3 is 2.80 bits per heavy atom. The van der Waals surface area contributed by atoms with Crippen LogP contribution in [0.1, 0.15) is 35.3 Å². The SMILES string of the molecule is CCC(CN1CCN(C(=O)c2ccc(C#N)cc2F)CC1)n1cc(-c2ncnc3[nH]ccc23)cn1. The van der Waals surface area contributed by atoms with E-state index in [1.165, 1.54) is 12.1 Å². The summed E-state index contributed by atoms with van der Waals surface area (Å²) in [6, 6.07) is 7.99. The number of H-pyrrole nitrogens is 1. The summed E-state index contributed by atoms with van der Waals surface area (Å²) in [5.41, 5.74) is 2.79. The second-order valence-corrected chi connectivity index (χ2v) is 8.63. The van der Waals surface area contributed by atoms with E-state index in [-0.39, 0.29) is 23.1 Å². The van der Waals surface area contributed by atoms with Gasteiger partial charge in [0.1, 0.15) is 17.8 Å². The zero-order valence-corrected chi connectivity index (χ0v) is 19.4. The van der Waals surface area contributed by atoms with Gasteiger partial charge in [-0.05, 0) is 30.7 Å². The van der Waals surface area contributed by atoms with Crippen molar-refractivity contribution in [1.82, 2.24) is 34.5 Å². The lowest BCUT2D eigenvalue weighted by Gasteiger charge is -2.36. The number of nitrogens with one attached hydrogen (secondary N) is 1. The lowest BCUT2D eigenvalue weighted by Crippen LogP contribution is -2.50. The monoisotopic (exact) mass is 472 g/mol. The molecule has 9 nitrogen and oxygen atoms in total. The van der Waals surface area contributed by atoms with Gasteiger partial charge < -0.3 is 9.88 Å². The maximum atomic E-state index is 14.3. The summed E-state index contributed by atoms with van der Waals surface area (Å²) in [6.07, 6.45) is 8.16. The third-order valence-electron chi connectivity index (χ3n) is 6.53. The Morgan fingerprint density at radius 2 is 2.06 bits per heavy atom. The van der Waals surface area contributed by atoms with Crippen molar-refractivity contribution in [2.75, 3.05) is 32.7 Å². The Labute approximate surface area is 201 Å². The molecule has 1 aromatic carbocycles. The van der Waals surface area contributed by atoms with Gasteiger partial charge in [0.05, 0.1) is 35.1 Å². The van der Waals surface area contributed by atoms with Gasteiger partial charge in [0.25, 0.3) is 5.91 Å². The van der Waals surface area contributed by atoms with Gasteiger partial charge in [-0.2, -0.15) is 10.4 Å². The van der Waals surface area contributed by atoms with Crippen LogP contribution in [0, 0.1) is 17.1 Å². The molecule has 10 heteroatoms. The fourth-order valence-electron chi connectivity index (χ4n) is 4.52. The second-order valence-electron chi connectivity index (χ2n) is 8.63. The van der Waals surface area contributed by atoms with E-state index in [0.717, 1.165) is 41.3 Å². The number of hydrogen-bond acceptors (Lipinski definition) is 6. The molecule has 1 unspecified atom stereocenters. The van der Waals surface area contributed by atoms with Crippen LogP contribution in [0.5, 0.6) is 0 Å². The van der Waals surface area contributed by atoms with Crippen molar-refractivity contribution < 1.29 is 9.18 Å². The molecule has 35 heavy (non-hydrogen) atoms. The predicted octanol–water partition coefficient (Wildman–Crippen LogP) is 3.24. The maximum Gasteiger partial charge on any atom is 0.256 e. The van der Waals surface area contributed by atoms with Crippen LogP contribution in [0.3, 0.4) is 0 Å². The maximum absolute atomic E-state index is 14.3. The summed E-state index contributed by atoms with van der Waals surface area (Å²) >= 11 is 0. The molecule has 1 saturated heterocycles. The summed E-state index contributed by atoms with van der Waals surface area (Å²) in [7, 11) is 0. The highest BCUT2D eigenvalue weighted by atomic mass is 19.1. The molecule has 1 amide bonds. The van der Waals surface area contributed by atoms with Crippen LogP contribution < -0.4 is 0 Å². The summed E-state index contributed by atoms with van der Waals surface area (Å²) in [5.74, 6) is -0.992. The highest BCUT2D eigenvalue weighted by molar-refractivity contribution is 5.94. The third-order valence-corrected chi connectivity index (χ3v) is 6.53. The van der Waals surface area contributed by atoms with Gasteiger partial charge in [0.15, 0.2) is 0 Å². The molecule has 5 rings (SSSR count). The number of hydrogen-bond donors (Lipinski definition) is 1. The average molecular weight is 473 g/mol.